The van der Waals surface area contributed by atoms with Crippen LogP contribution >= 0.6 is 0 Å². The second kappa shape index (κ2) is 5.04. The highest BCUT2D eigenvalue weighted by molar-refractivity contribution is 5.67. The van der Waals surface area contributed by atoms with Gasteiger partial charge in [0.1, 0.15) is 6.10 Å². The molecule has 0 radical (unpaired) electrons. The monoisotopic (exact) mass is 187 g/mol. The lowest BCUT2D eigenvalue weighted by Crippen LogP contribution is -2.47. The number of nitrogens with zero attached hydrogens (tertiary/aromatic N) is 1. The summed E-state index contributed by atoms with van der Waals surface area (Å²) in [5.74, 6) is 0. The molecule has 1 unspecified atom stereocenters. The highest BCUT2D eigenvalue weighted by atomic mass is 16.6. The average Bonchev–Trinajstić information content (AvgIpc) is 2.19. The van der Waals surface area contributed by atoms with Gasteiger partial charge >= 0.3 is 6.09 Å². The minimum absolute atomic E-state index is 0.192. The lowest BCUT2D eigenvalue weighted by atomic mass is 10.4. The molecule has 1 aliphatic rings. The third-order valence-corrected chi connectivity index (χ3v) is 2.01. The molecule has 1 saturated heterocycles. The van der Waals surface area contributed by atoms with E-state index in [1.54, 1.807) is 11.8 Å². The van der Waals surface area contributed by atoms with Crippen LogP contribution in [-0.2, 0) is 4.74 Å². The quantitative estimate of drug-likeness (QED) is 0.604. The van der Waals surface area contributed by atoms with Crippen LogP contribution in [0.5, 0.6) is 0 Å². The Morgan fingerprint density at radius 1 is 1.62 bits per heavy atom. The maximum absolute atomic E-state index is 11.4. The first-order chi connectivity index (χ1) is 6.24. The first-order valence-corrected chi connectivity index (χ1v) is 4.60. The van der Waals surface area contributed by atoms with Gasteiger partial charge in [-0.2, -0.15) is 0 Å². The number of hydrogen-bond donors (Lipinski definition) is 2. The molecule has 0 aromatic carbocycles. The molecule has 76 valence electrons. The lowest BCUT2D eigenvalue weighted by Gasteiger charge is -2.27. The van der Waals surface area contributed by atoms with Crippen molar-refractivity contribution in [1.82, 2.24) is 10.2 Å². The summed E-state index contributed by atoms with van der Waals surface area (Å²) in [7, 11) is 0. The van der Waals surface area contributed by atoms with Crippen molar-refractivity contribution in [3.05, 3.63) is 0 Å². The van der Waals surface area contributed by atoms with Gasteiger partial charge in [-0.25, -0.2) is 4.79 Å². The zero-order valence-electron chi connectivity index (χ0n) is 7.95. The highest BCUT2D eigenvalue weighted by Crippen LogP contribution is 1.99. The van der Waals surface area contributed by atoms with Crippen LogP contribution in [0.15, 0.2) is 0 Å². The van der Waals surface area contributed by atoms with Crippen LogP contribution in [0.2, 0.25) is 0 Å². The normalized spacial score (nSPS) is 19.7. The summed E-state index contributed by atoms with van der Waals surface area (Å²) in [4.78, 5) is 13.1. The van der Waals surface area contributed by atoms with Gasteiger partial charge in [-0.3, -0.25) is 0 Å². The van der Waals surface area contributed by atoms with E-state index in [1.807, 2.05) is 0 Å². The second-order valence-corrected chi connectivity index (χ2v) is 3.17. The molecule has 1 aliphatic heterocycles. The van der Waals surface area contributed by atoms with E-state index in [4.69, 9.17) is 10.5 Å². The van der Waals surface area contributed by atoms with E-state index in [2.05, 4.69) is 5.32 Å². The van der Waals surface area contributed by atoms with E-state index in [9.17, 15) is 4.79 Å². The summed E-state index contributed by atoms with van der Waals surface area (Å²) in [6, 6.07) is 0. The predicted molar refractivity (Wildman–Crippen MR) is 49.4 cm³/mol. The number of carbonyl (C=O) groups excluding carboxylic acids is 1. The summed E-state index contributed by atoms with van der Waals surface area (Å²) in [6.07, 6.45) is -0.443. The van der Waals surface area contributed by atoms with Gasteiger partial charge in [0.05, 0.1) is 0 Å². The molecule has 5 heteroatoms. The Morgan fingerprint density at radius 2 is 2.23 bits per heavy atom. The van der Waals surface area contributed by atoms with Crippen molar-refractivity contribution < 1.29 is 9.53 Å². The van der Waals surface area contributed by atoms with Crippen molar-refractivity contribution in [2.24, 2.45) is 5.73 Å². The van der Waals surface area contributed by atoms with Gasteiger partial charge in [-0.05, 0) is 6.92 Å². The maximum atomic E-state index is 11.4. The average molecular weight is 187 g/mol. The van der Waals surface area contributed by atoms with E-state index in [-0.39, 0.29) is 12.2 Å². The number of nitrogens with two attached hydrogens (primary N) is 1. The molecular weight excluding hydrogens is 170 g/mol. The Kier molecular flexibility index (Phi) is 3.98. The van der Waals surface area contributed by atoms with E-state index >= 15 is 0 Å². The number of carbonyl (C=O) groups is 1. The Hall–Kier alpha value is -0.810. The molecule has 1 amide bonds. The van der Waals surface area contributed by atoms with Crippen LogP contribution in [0.3, 0.4) is 0 Å². The van der Waals surface area contributed by atoms with Crippen molar-refractivity contribution in [1.29, 1.82) is 0 Å². The van der Waals surface area contributed by atoms with Crippen LogP contribution < -0.4 is 11.1 Å². The number of amides is 1. The number of ether oxygens (including phenoxy) is 1. The summed E-state index contributed by atoms with van der Waals surface area (Å²) in [5.41, 5.74) is 5.34. The molecule has 0 aliphatic carbocycles. The Morgan fingerprint density at radius 3 is 2.77 bits per heavy atom. The first kappa shape index (κ1) is 10.3. The zero-order valence-corrected chi connectivity index (χ0v) is 7.95. The molecule has 1 rings (SSSR count). The molecule has 3 N–H and O–H groups in total. The Balaban J connectivity index is 2.29. The molecule has 0 aromatic heterocycles. The molecule has 0 spiro atoms. The molecule has 0 aromatic rings. The fraction of sp³-hybridized carbons (Fsp3) is 0.875. The lowest BCUT2D eigenvalue weighted by molar-refractivity contribution is 0.0695. The Bertz CT molecular complexity index is 169. The van der Waals surface area contributed by atoms with Crippen LogP contribution in [0, 0.1) is 0 Å². The molecule has 1 fully saturated rings. The van der Waals surface area contributed by atoms with Gasteiger partial charge in [0.2, 0.25) is 0 Å². The van der Waals surface area contributed by atoms with Gasteiger partial charge in [-0.15, -0.1) is 0 Å². The van der Waals surface area contributed by atoms with Crippen molar-refractivity contribution in [3.8, 4) is 0 Å². The zero-order chi connectivity index (χ0) is 9.68. The molecule has 0 saturated carbocycles. The summed E-state index contributed by atoms with van der Waals surface area (Å²) in [5, 5.41) is 3.16. The summed E-state index contributed by atoms with van der Waals surface area (Å²) < 4.78 is 5.07. The van der Waals surface area contributed by atoms with Crippen molar-refractivity contribution >= 4 is 6.09 Å². The first-order valence-electron chi connectivity index (χ1n) is 4.60. The van der Waals surface area contributed by atoms with Crippen LogP contribution in [-0.4, -0.2) is 49.8 Å². The molecule has 13 heavy (non-hydrogen) atoms. The van der Waals surface area contributed by atoms with Crippen molar-refractivity contribution in [2.45, 2.75) is 13.0 Å². The number of hydrogen-bond acceptors (Lipinski definition) is 4. The third kappa shape index (κ3) is 3.20. The van der Waals surface area contributed by atoms with Gasteiger partial charge in [0.25, 0.3) is 0 Å². The van der Waals surface area contributed by atoms with E-state index in [0.29, 0.717) is 6.54 Å². The van der Waals surface area contributed by atoms with Gasteiger partial charge in [0, 0.05) is 32.7 Å². The van der Waals surface area contributed by atoms with Gasteiger partial charge < -0.3 is 20.7 Å². The van der Waals surface area contributed by atoms with E-state index in [1.165, 1.54) is 0 Å². The number of rotatable bonds is 2. The molecular formula is C8H17N3O2. The fourth-order valence-corrected chi connectivity index (χ4v) is 1.14. The van der Waals surface area contributed by atoms with E-state index in [0.717, 1.165) is 26.2 Å². The highest BCUT2D eigenvalue weighted by Gasteiger charge is 2.18. The topological polar surface area (TPSA) is 67.6 Å². The summed E-state index contributed by atoms with van der Waals surface area (Å²) >= 11 is 0. The number of nitrogens with one attached hydrogen (secondary N) is 1. The third-order valence-electron chi connectivity index (χ3n) is 2.01. The minimum atomic E-state index is -0.251. The predicted octanol–water partition coefficient (Wildman–Crippen LogP) is -0.625. The molecule has 5 nitrogen and oxygen atoms in total. The standard InChI is InChI=1S/C8H17N3O2/c1-7(6-9)13-8(12)11-4-2-10-3-5-11/h7,10H,2-6,9H2,1H3. The van der Waals surface area contributed by atoms with Crippen LogP contribution in [0.1, 0.15) is 6.92 Å². The largest absolute Gasteiger partial charge is 0.445 e. The van der Waals surface area contributed by atoms with Gasteiger partial charge in [-0.1, -0.05) is 0 Å². The van der Waals surface area contributed by atoms with Crippen molar-refractivity contribution in [3.63, 3.8) is 0 Å². The minimum Gasteiger partial charge on any atom is -0.445 e. The SMILES string of the molecule is CC(CN)OC(=O)N1CCNCC1. The van der Waals surface area contributed by atoms with Crippen LogP contribution in [0.25, 0.3) is 0 Å². The number of piperazine rings is 1. The fourth-order valence-electron chi connectivity index (χ4n) is 1.14. The van der Waals surface area contributed by atoms with E-state index < -0.39 is 0 Å². The molecule has 1 atom stereocenters. The maximum Gasteiger partial charge on any atom is 0.410 e. The van der Waals surface area contributed by atoms with Gasteiger partial charge in [0.15, 0.2) is 0 Å². The van der Waals surface area contributed by atoms with Crippen LogP contribution in [0.4, 0.5) is 4.79 Å². The smallest absolute Gasteiger partial charge is 0.410 e. The summed E-state index contributed by atoms with van der Waals surface area (Å²) in [6.45, 7) is 5.28. The second-order valence-electron chi connectivity index (χ2n) is 3.17. The molecule has 1 heterocycles. The molecule has 0 bridgehead atoms. The van der Waals surface area contributed by atoms with Crippen molar-refractivity contribution in [2.75, 3.05) is 32.7 Å². The Labute approximate surface area is 78.2 Å².